The van der Waals surface area contributed by atoms with Crippen molar-refractivity contribution in [1.82, 2.24) is 9.97 Å². The first kappa shape index (κ1) is 22.9. The van der Waals surface area contributed by atoms with E-state index in [1.165, 1.54) is 12.1 Å². The van der Waals surface area contributed by atoms with Crippen molar-refractivity contribution in [3.05, 3.63) is 83.7 Å². The summed E-state index contributed by atoms with van der Waals surface area (Å²) in [6.45, 7) is 6.07. The number of H-pyrrole nitrogens is 1. The molecule has 4 aromatic rings. The molecule has 1 heterocycles. The molecule has 7 heteroatoms. The number of rotatable bonds is 5. The fourth-order valence-corrected chi connectivity index (χ4v) is 3.65. The van der Waals surface area contributed by atoms with Crippen LogP contribution in [-0.4, -0.2) is 15.1 Å². The lowest BCUT2D eigenvalue weighted by Gasteiger charge is -2.28. The number of aromatic amines is 1. The average molecular weight is 454 g/mol. The number of benzene rings is 3. The summed E-state index contributed by atoms with van der Waals surface area (Å²) in [6.07, 6.45) is -5.01. The lowest BCUT2D eigenvalue weighted by molar-refractivity contribution is -0.137. The van der Waals surface area contributed by atoms with E-state index in [2.05, 4.69) is 9.97 Å². The number of aliphatic hydroxyl groups excluding tert-OH is 1. The summed E-state index contributed by atoms with van der Waals surface area (Å²) in [6, 6.07) is 18.2. The standard InChI is InChI=1S/C26H25F3N2O2/c1-25(2,3)24(32)20-7-5-4-6-19(20)16-8-13-21-22(14-16)31-23(30-21)15-33-18-11-9-17(10-12-18)26(27,28)29/h4-14,24,32H,15H2,1-3H3,(H,30,31). The highest BCUT2D eigenvalue weighted by atomic mass is 19.4. The molecular weight excluding hydrogens is 429 g/mol. The maximum Gasteiger partial charge on any atom is 0.416 e. The number of aliphatic hydroxyl groups is 1. The van der Waals surface area contributed by atoms with Crippen LogP contribution in [0.2, 0.25) is 0 Å². The number of alkyl halides is 3. The molecule has 0 bridgehead atoms. The third-order valence-corrected chi connectivity index (χ3v) is 5.48. The predicted octanol–water partition coefficient (Wildman–Crippen LogP) is 6.91. The summed E-state index contributed by atoms with van der Waals surface area (Å²) >= 11 is 0. The van der Waals surface area contributed by atoms with E-state index in [0.29, 0.717) is 11.6 Å². The van der Waals surface area contributed by atoms with Gasteiger partial charge in [0, 0.05) is 0 Å². The van der Waals surface area contributed by atoms with Gasteiger partial charge >= 0.3 is 6.18 Å². The van der Waals surface area contributed by atoms with Crippen molar-refractivity contribution in [3.63, 3.8) is 0 Å². The van der Waals surface area contributed by atoms with Crippen LogP contribution >= 0.6 is 0 Å². The molecule has 0 amide bonds. The van der Waals surface area contributed by atoms with E-state index < -0.39 is 17.8 Å². The Bertz CT molecular complexity index is 1260. The second kappa shape index (κ2) is 8.56. The zero-order chi connectivity index (χ0) is 23.8. The van der Waals surface area contributed by atoms with Crippen LogP contribution in [0.5, 0.6) is 5.75 Å². The molecule has 33 heavy (non-hydrogen) atoms. The van der Waals surface area contributed by atoms with E-state index in [0.717, 1.165) is 39.9 Å². The Labute approximate surface area is 190 Å². The topological polar surface area (TPSA) is 58.1 Å². The number of nitrogens with zero attached hydrogens (tertiary/aromatic N) is 1. The third-order valence-electron chi connectivity index (χ3n) is 5.48. The van der Waals surface area contributed by atoms with Crippen molar-refractivity contribution in [2.45, 2.75) is 39.7 Å². The molecule has 1 aromatic heterocycles. The van der Waals surface area contributed by atoms with Gasteiger partial charge < -0.3 is 14.8 Å². The van der Waals surface area contributed by atoms with Gasteiger partial charge in [-0.05, 0) is 58.5 Å². The lowest BCUT2D eigenvalue weighted by Crippen LogP contribution is -2.18. The van der Waals surface area contributed by atoms with Gasteiger partial charge in [0.25, 0.3) is 0 Å². The Morgan fingerprint density at radius 1 is 0.970 bits per heavy atom. The van der Waals surface area contributed by atoms with E-state index in [4.69, 9.17) is 4.74 Å². The fraction of sp³-hybridized carbons (Fsp3) is 0.269. The first-order chi connectivity index (χ1) is 15.5. The van der Waals surface area contributed by atoms with Crippen molar-refractivity contribution < 1.29 is 23.0 Å². The number of ether oxygens (including phenoxy) is 1. The summed E-state index contributed by atoms with van der Waals surface area (Å²) in [5.74, 6) is 0.888. The highest BCUT2D eigenvalue weighted by Crippen LogP contribution is 2.38. The Kier molecular flexibility index (Phi) is 5.93. The maximum atomic E-state index is 12.7. The number of fused-ring (bicyclic) bond motifs is 1. The number of imidazole rings is 1. The van der Waals surface area contributed by atoms with Crippen molar-refractivity contribution in [2.24, 2.45) is 5.41 Å². The molecule has 0 fully saturated rings. The smallest absolute Gasteiger partial charge is 0.416 e. The van der Waals surface area contributed by atoms with Gasteiger partial charge in [-0.1, -0.05) is 51.1 Å². The van der Waals surface area contributed by atoms with Crippen LogP contribution < -0.4 is 4.74 Å². The monoisotopic (exact) mass is 454 g/mol. The molecule has 1 unspecified atom stereocenters. The van der Waals surface area contributed by atoms with Crippen LogP contribution in [0.1, 0.15) is 43.8 Å². The zero-order valence-corrected chi connectivity index (χ0v) is 18.6. The molecular formula is C26H25F3N2O2. The normalized spacial score (nSPS) is 13.3. The third kappa shape index (κ3) is 5.03. The van der Waals surface area contributed by atoms with Crippen LogP contribution in [-0.2, 0) is 12.8 Å². The van der Waals surface area contributed by atoms with Crippen molar-refractivity contribution in [3.8, 4) is 16.9 Å². The van der Waals surface area contributed by atoms with E-state index >= 15 is 0 Å². The minimum absolute atomic E-state index is 0.0920. The summed E-state index contributed by atoms with van der Waals surface area (Å²) in [7, 11) is 0. The molecule has 2 N–H and O–H groups in total. The number of hydrogen-bond donors (Lipinski definition) is 2. The van der Waals surface area contributed by atoms with Gasteiger partial charge in [0.05, 0.1) is 22.7 Å². The van der Waals surface area contributed by atoms with E-state index in [-0.39, 0.29) is 12.0 Å². The highest BCUT2D eigenvalue weighted by molar-refractivity contribution is 5.83. The first-order valence-corrected chi connectivity index (χ1v) is 10.6. The first-order valence-electron chi connectivity index (χ1n) is 10.6. The summed E-state index contributed by atoms with van der Waals surface area (Å²) < 4.78 is 43.7. The number of nitrogens with one attached hydrogen (secondary N) is 1. The average Bonchev–Trinajstić information content (AvgIpc) is 3.18. The van der Waals surface area contributed by atoms with Crippen molar-refractivity contribution >= 4 is 11.0 Å². The molecule has 0 saturated heterocycles. The van der Waals surface area contributed by atoms with Crippen LogP contribution in [0.3, 0.4) is 0 Å². The van der Waals surface area contributed by atoms with Crippen LogP contribution in [0, 0.1) is 5.41 Å². The van der Waals surface area contributed by atoms with Crippen LogP contribution in [0.15, 0.2) is 66.7 Å². The number of hydrogen-bond acceptors (Lipinski definition) is 3. The molecule has 3 aromatic carbocycles. The molecule has 0 saturated carbocycles. The second-order valence-electron chi connectivity index (χ2n) is 9.08. The molecule has 0 spiro atoms. The number of halogens is 3. The summed E-state index contributed by atoms with van der Waals surface area (Å²) in [4.78, 5) is 7.75. The van der Waals surface area contributed by atoms with Gasteiger partial charge in [0.1, 0.15) is 18.2 Å². The SMILES string of the molecule is CC(C)(C)C(O)c1ccccc1-c1ccc2[nH]c(COc3ccc(C(F)(F)F)cc3)nc2c1. The van der Waals surface area contributed by atoms with Gasteiger partial charge in [-0.2, -0.15) is 13.2 Å². The number of aromatic nitrogens is 2. The predicted molar refractivity (Wildman–Crippen MR) is 122 cm³/mol. The minimum Gasteiger partial charge on any atom is -0.486 e. The van der Waals surface area contributed by atoms with Gasteiger partial charge in [-0.3, -0.25) is 0 Å². The molecule has 0 radical (unpaired) electrons. The van der Waals surface area contributed by atoms with E-state index in [1.54, 1.807) is 0 Å². The largest absolute Gasteiger partial charge is 0.486 e. The quantitative estimate of drug-likeness (QED) is 0.345. The van der Waals surface area contributed by atoms with Gasteiger partial charge in [0.15, 0.2) is 0 Å². The second-order valence-corrected chi connectivity index (χ2v) is 9.08. The zero-order valence-electron chi connectivity index (χ0n) is 18.6. The van der Waals surface area contributed by atoms with E-state index in [9.17, 15) is 18.3 Å². The Hall–Kier alpha value is -3.32. The molecule has 0 aliphatic rings. The van der Waals surface area contributed by atoms with Crippen molar-refractivity contribution in [2.75, 3.05) is 0 Å². The highest BCUT2D eigenvalue weighted by Gasteiger charge is 2.30. The Morgan fingerprint density at radius 2 is 1.67 bits per heavy atom. The maximum absolute atomic E-state index is 12.7. The Balaban J connectivity index is 1.55. The van der Waals surface area contributed by atoms with Crippen LogP contribution in [0.25, 0.3) is 22.2 Å². The van der Waals surface area contributed by atoms with E-state index in [1.807, 2.05) is 63.2 Å². The summed E-state index contributed by atoms with van der Waals surface area (Å²) in [5, 5.41) is 10.9. The fourth-order valence-electron chi connectivity index (χ4n) is 3.65. The van der Waals surface area contributed by atoms with Gasteiger partial charge in [-0.25, -0.2) is 4.98 Å². The summed E-state index contributed by atoms with van der Waals surface area (Å²) in [5.41, 5.74) is 3.25. The molecule has 0 aliphatic heterocycles. The van der Waals surface area contributed by atoms with Crippen molar-refractivity contribution in [1.29, 1.82) is 0 Å². The molecule has 1 atom stereocenters. The molecule has 4 rings (SSSR count). The van der Waals surface area contributed by atoms with Gasteiger partial charge in [-0.15, -0.1) is 0 Å². The van der Waals surface area contributed by atoms with Gasteiger partial charge in [0.2, 0.25) is 0 Å². The molecule has 4 nitrogen and oxygen atoms in total. The van der Waals surface area contributed by atoms with Crippen LogP contribution in [0.4, 0.5) is 13.2 Å². The molecule has 172 valence electrons. The Morgan fingerprint density at radius 3 is 2.33 bits per heavy atom. The molecule has 0 aliphatic carbocycles. The minimum atomic E-state index is -4.38. The lowest BCUT2D eigenvalue weighted by atomic mass is 9.82.